The van der Waals surface area contributed by atoms with Crippen LogP contribution in [0.1, 0.15) is 42.7 Å². The van der Waals surface area contributed by atoms with Crippen LogP contribution in [0.15, 0.2) is 18.2 Å². The predicted octanol–water partition coefficient (Wildman–Crippen LogP) is 2.87. The maximum absolute atomic E-state index is 5.50. The maximum Gasteiger partial charge on any atom is 0.122 e. The molecule has 92 valence electrons. The summed E-state index contributed by atoms with van der Waals surface area (Å²) in [5.41, 5.74) is 3.00. The van der Waals surface area contributed by atoms with E-state index in [9.17, 15) is 0 Å². The van der Waals surface area contributed by atoms with Crippen LogP contribution in [0.5, 0.6) is 5.75 Å². The fourth-order valence-corrected chi connectivity index (χ4v) is 3.52. The smallest absolute Gasteiger partial charge is 0.122 e. The third-order valence-corrected chi connectivity index (χ3v) is 4.31. The number of hydrogen-bond donors (Lipinski definition) is 1. The van der Waals surface area contributed by atoms with Gasteiger partial charge in [-0.05, 0) is 61.8 Å². The molecule has 1 saturated heterocycles. The average molecular weight is 231 g/mol. The third kappa shape index (κ3) is 1.95. The number of rotatable bonds is 2. The molecule has 3 rings (SSSR count). The Morgan fingerprint density at radius 3 is 2.94 bits per heavy atom. The molecule has 1 aliphatic carbocycles. The second kappa shape index (κ2) is 4.69. The van der Waals surface area contributed by atoms with Gasteiger partial charge in [0.2, 0.25) is 0 Å². The number of methoxy groups -OCH3 is 1. The summed E-state index contributed by atoms with van der Waals surface area (Å²) in [7, 11) is 1.78. The van der Waals surface area contributed by atoms with Crippen LogP contribution >= 0.6 is 0 Å². The zero-order valence-corrected chi connectivity index (χ0v) is 10.5. The minimum absolute atomic E-state index is 0.696. The summed E-state index contributed by atoms with van der Waals surface area (Å²) in [6, 6.07) is 7.25. The number of fused-ring (bicyclic) bond motifs is 1. The van der Waals surface area contributed by atoms with E-state index >= 15 is 0 Å². The van der Waals surface area contributed by atoms with E-state index in [1.807, 2.05) is 0 Å². The Labute approximate surface area is 103 Å². The molecular weight excluding hydrogens is 210 g/mol. The minimum atomic E-state index is 0.696. The lowest BCUT2D eigenvalue weighted by atomic mass is 9.78. The van der Waals surface area contributed by atoms with Crippen LogP contribution in [0.25, 0.3) is 0 Å². The van der Waals surface area contributed by atoms with Crippen molar-refractivity contribution >= 4 is 0 Å². The minimum Gasteiger partial charge on any atom is -0.496 e. The molecule has 2 aliphatic rings. The van der Waals surface area contributed by atoms with Crippen LogP contribution in [0.3, 0.4) is 0 Å². The first-order chi connectivity index (χ1) is 8.40. The quantitative estimate of drug-likeness (QED) is 0.845. The lowest BCUT2D eigenvalue weighted by molar-refractivity contribution is 0.391. The first kappa shape index (κ1) is 11.1. The van der Waals surface area contributed by atoms with Crippen molar-refractivity contribution in [2.45, 2.75) is 44.1 Å². The van der Waals surface area contributed by atoms with Gasteiger partial charge in [0.15, 0.2) is 0 Å². The van der Waals surface area contributed by atoms with E-state index in [1.165, 1.54) is 49.8 Å². The molecule has 0 aromatic heterocycles. The van der Waals surface area contributed by atoms with Crippen LogP contribution in [0.2, 0.25) is 0 Å². The molecule has 2 atom stereocenters. The van der Waals surface area contributed by atoms with Gasteiger partial charge in [-0.2, -0.15) is 0 Å². The molecule has 1 aromatic carbocycles. The van der Waals surface area contributed by atoms with Gasteiger partial charge >= 0.3 is 0 Å². The van der Waals surface area contributed by atoms with Gasteiger partial charge in [0.25, 0.3) is 0 Å². The van der Waals surface area contributed by atoms with Crippen molar-refractivity contribution in [3.05, 3.63) is 29.3 Å². The zero-order chi connectivity index (χ0) is 11.7. The Morgan fingerprint density at radius 1 is 1.24 bits per heavy atom. The van der Waals surface area contributed by atoms with Crippen molar-refractivity contribution in [1.82, 2.24) is 5.32 Å². The van der Waals surface area contributed by atoms with Gasteiger partial charge in [-0.1, -0.05) is 12.1 Å². The van der Waals surface area contributed by atoms with Crippen LogP contribution < -0.4 is 10.1 Å². The molecule has 0 amide bonds. The molecule has 17 heavy (non-hydrogen) atoms. The molecule has 1 aliphatic heterocycles. The molecule has 1 aromatic rings. The highest BCUT2D eigenvalue weighted by molar-refractivity contribution is 5.44. The number of nitrogens with one attached hydrogen (secondary N) is 1. The molecule has 0 saturated carbocycles. The first-order valence-corrected chi connectivity index (χ1v) is 6.79. The Hall–Kier alpha value is -1.02. The van der Waals surface area contributed by atoms with E-state index in [-0.39, 0.29) is 0 Å². The summed E-state index contributed by atoms with van der Waals surface area (Å²) in [6.07, 6.45) is 6.48. The highest BCUT2D eigenvalue weighted by Crippen LogP contribution is 2.39. The molecular formula is C15H21NO. The lowest BCUT2D eigenvalue weighted by Gasteiger charge is -2.31. The maximum atomic E-state index is 5.50. The van der Waals surface area contributed by atoms with Crippen LogP contribution in [-0.2, 0) is 6.42 Å². The van der Waals surface area contributed by atoms with E-state index in [1.54, 1.807) is 7.11 Å². The van der Waals surface area contributed by atoms with Crippen molar-refractivity contribution in [2.75, 3.05) is 13.7 Å². The second-order valence-corrected chi connectivity index (χ2v) is 5.23. The van der Waals surface area contributed by atoms with Gasteiger partial charge in [0.05, 0.1) is 7.11 Å². The summed E-state index contributed by atoms with van der Waals surface area (Å²) < 4.78 is 5.50. The van der Waals surface area contributed by atoms with E-state index in [0.717, 1.165) is 5.75 Å². The zero-order valence-electron chi connectivity index (χ0n) is 10.5. The van der Waals surface area contributed by atoms with Gasteiger partial charge < -0.3 is 10.1 Å². The largest absolute Gasteiger partial charge is 0.496 e. The van der Waals surface area contributed by atoms with Gasteiger partial charge in [-0.25, -0.2) is 0 Å². The van der Waals surface area contributed by atoms with Crippen LogP contribution in [-0.4, -0.2) is 19.7 Å². The molecule has 0 radical (unpaired) electrons. The van der Waals surface area contributed by atoms with Gasteiger partial charge in [0, 0.05) is 6.04 Å². The van der Waals surface area contributed by atoms with E-state index in [4.69, 9.17) is 4.74 Å². The van der Waals surface area contributed by atoms with Crippen molar-refractivity contribution < 1.29 is 4.74 Å². The van der Waals surface area contributed by atoms with Crippen molar-refractivity contribution in [2.24, 2.45) is 0 Å². The van der Waals surface area contributed by atoms with Crippen molar-refractivity contribution in [3.63, 3.8) is 0 Å². The Kier molecular flexibility index (Phi) is 3.06. The van der Waals surface area contributed by atoms with Gasteiger partial charge in [-0.3, -0.25) is 0 Å². The predicted molar refractivity (Wildman–Crippen MR) is 69.7 cm³/mol. The van der Waals surface area contributed by atoms with Crippen LogP contribution in [0, 0.1) is 0 Å². The van der Waals surface area contributed by atoms with Gasteiger partial charge in [0.1, 0.15) is 5.75 Å². The lowest BCUT2D eigenvalue weighted by Crippen LogP contribution is -2.31. The molecule has 2 unspecified atom stereocenters. The Bertz CT molecular complexity index is 396. The Balaban J connectivity index is 1.95. The summed E-state index contributed by atoms with van der Waals surface area (Å²) in [5.74, 6) is 1.79. The topological polar surface area (TPSA) is 21.3 Å². The fourth-order valence-electron chi connectivity index (χ4n) is 3.52. The fraction of sp³-hybridized carbons (Fsp3) is 0.600. The third-order valence-electron chi connectivity index (χ3n) is 4.31. The van der Waals surface area contributed by atoms with Crippen molar-refractivity contribution in [1.29, 1.82) is 0 Å². The van der Waals surface area contributed by atoms with E-state index < -0.39 is 0 Å². The molecule has 0 spiro atoms. The van der Waals surface area contributed by atoms with Crippen LogP contribution in [0.4, 0.5) is 0 Å². The van der Waals surface area contributed by atoms with E-state index in [0.29, 0.717) is 12.0 Å². The second-order valence-electron chi connectivity index (χ2n) is 5.23. The number of benzene rings is 1. The molecule has 2 heteroatoms. The summed E-state index contributed by atoms with van der Waals surface area (Å²) in [4.78, 5) is 0. The summed E-state index contributed by atoms with van der Waals surface area (Å²) in [6.45, 7) is 1.19. The molecule has 1 heterocycles. The molecule has 1 N–H and O–H groups in total. The highest BCUT2D eigenvalue weighted by atomic mass is 16.5. The summed E-state index contributed by atoms with van der Waals surface area (Å²) >= 11 is 0. The average Bonchev–Trinajstić information content (AvgIpc) is 2.91. The Morgan fingerprint density at radius 2 is 2.18 bits per heavy atom. The highest BCUT2D eigenvalue weighted by Gasteiger charge is 2.30. The normalized spacial score (nSPS) is 27.8. The van der Waals surface area contributed by atoms with Crippen molar-refractivity contribution in [3.8, 4) is 5.75 Å². The number of hydrogen-bond acceptors (Lipinski definition) is 2. The molecule has 2 nitrogen and oxygen atoms in total. The molecule has 1 fully saturated rings. The summed E-state index contributed by atoms with van der Waals surface area (Å²) in [5, 5.41) is 3.66. The molecule has 0 bridgehead atoms. The monoisotopic (exact) mass is 231 g/mol. The standard InChI is InChI=1S/C15H21NO/c1-17-15-9-3-5-11-12(6-2-7-13(11)15)14-8-4-10-16-14/h3,5,9,12,14,16H,2,4,6-8,10H2,1H3. The first-order valence-electron chi connectivity index (χ1n) is 6.79. The SMILES string of the molecule is COc1cccc2c1CCCC2C1CCCN1. The van der Waals surface area contributed by atoms with E-state index in [2.05, 4.69) is 23.5 Å². The number of ether oxygens (including phenoxy) is 1. The van der Waals surface area contributed by atoms with Gasteiger partial charge in [-0.15, -0.1) is 0 Å².